The lowest BCUT2D eigenvalue weighted by Gasteiger charge is -2.46. The summed E-state index contributed by atoms with van der Waals surface area (Å²) in [6, 6.07) is 0.567. The second-order valence-corrected chi connectivity index (χ2v) is 5.93. The summed E-state index contributed by atoms with van der Waals surface area (Å²) in [6.07, 6.45) is 6.22. The Morgan fingerprint density at radius 1 is 1.29 bits per heavy atom. The summed E-state index contributed by atoms with van der Waals surface area (Å²) in [7, 11) is 0. The number of aldehydes is 2. The molecule has 0 saturated carbocycles. The molecule has 0 aromatic rings. The molecule has 0 aliphatic carbocycles. The van der Waals surface area contributed by atoms with Crippen LogP contribution in [-0.4, -0.2) is 60.5 Å². The molecule has 0 bridgehead atoms. The van der Waals surface area contributed by atoms with E-state index in [0.717, 1.165) is 13.0 Å². The van der Waals surface area contributed by atoms with E-state index in [-0.39, 0.29) is 24.7 Å². The number of hydrogen-bond donors (Lipinski definition) is 1. The predicted octanol–water partition coefficient (Wildman–Crippen LogP) is 1.81. The van der Waals surface area contributed by atoms with Crippen LogP contribution in [0.4, 0.5) is 0 Å². The molecule has 1 fully saturated rings. The van der Waals surface area contributed by atoms with E-state index in [0.29, 0.717) is 12.6 Å². The minimum absolute atomic E-state index is 0.194. The van der Waals surface area contributed by atoms with Crippen LogP contribution in [0.3, 0.4) is 0 Å². The van der Waals surface area contributed by atoms with Gasteiger partial charge >= 0.3 is 0 Å². The molecule has 1 atom stereocenters. The summed E-state index contributed by atoms with van der Waals surface area (Å²) in [5, 5.41) is 8.73. The minimum Gasteiger partial charge on any atom is -0.396 e. The Labute approximate surface area is 128 Å². The van der Waals surface area contributed by atoms with Gasteiger partial charge in [0, 0.05) is 24.8 Å². The van der Waals surface area contributed by atoms with Crippen molar-refractivity contribution in [1.29, 1.82) is 0 Å². The monoisotopic (exact) mass is 301 g/mol. The zero-order chi connectivity index (χ0) is 16.1. The van der Waals surface area contributed by atoms with E-state index < -0.39 is 0 Å². The van der Waals surface area contributed by atoms with Crippen LogP contribution >= 0.6 is 0 Å². The third-order valence-electron chi connectivity index (χ3n) is 4.08. The van der Waals surface area contributed by atoms with Gasteiger partial charge in [-0.1, -0.05) is 13.3 Å². The van der Waals surface area contributed by atoms with Crippen LogP contribution in [0.15, 0.2) is 0 Å². The number of carbonyl (C=O) groups is 2. The lowest BCUT2D eigenvalue weighted by atomic mass is 9.91. The van der Waals surface area contributed by atoms with Gasteiger partial charge in [-0.25, -0.2) is 0 Å². The normalized spacial score (nSPS) is 19.5. The summed E-state index contributed by atoms with van der Waals surface area (Å²) in [5.41, 5.74) is 0.283. The fraction of sp³-hybridized carbons (Fsp3) is 0.875. The number of aliphatic hydroxyl groups is 1. The van der Waals surface area contributed by atoms with Crippen molar-refractivity contribution in [1.82, 2.24) is 4.90 Å². The third-order valence-corrected chi connectivity index (χ3v) is 4.08. The van der Waals surface area contributed by atoms with Crippen LogP contribution in [0.1, 0.15) is 52.9 Å². The van der Waals surface area contributed by atoms with Crippen LogP contribution in [-0.2, 0) is 14.3 Å². The first-order valence-electron chi connectivity index (χ1n) is 7.87. The van der Waals surface area contributed by atoms with Gasteiger partial charge in [0.1, 0.15) is 0 Å². The average Bonchev–Trinajstić information content (AvgIpc) is 2.52. The number of hydrogen-bond acceptors (Lipinski definition) is 5. The van der Waals surface area contributed by atoms with E-state index in [1.165, 1.54) is 32.2 Å². The SMILES string of the molecule is CCC(C)(C)N1CCCCC1COCCCO.O=CC=O. The first-order valence-corrected chi connectivity index (χ1v) is 7.87. The van der Waals surface area contributed by atoms with Gasteiger partial charge in [0.15, 0.2) is 12.6 Å². The highest BCUT2D eigenvalue weighted by Gasteiger charge is 2.32. The molecule has 5 heteroatoms. The number of piperidine rings is 1. The smallest absolute Gasteiger partial charge is 0.182 e. The highest BCUT2D eigenvalue weighted by atomic mass is 16.5. The topological polar surface area (TPSA) is 66.8 Å². The summed E-state index contributed by atoms with van der Waals surface area (Å²) in [6.45, 7) is 9.87. The minimum atomic E-state index is 0.194. The second kappa shape index (κ2) is 11.8. The molecule has 1 aliphatic rings. The summed E-state index contributed by atoms with van der Waals surface area (Å²) in [4.78, 5) is 20.2. The first kappa shape index (κ1) is 20.2. The molecular weight excluding hydrogens is 270 g/mol. The lowest BCUT2D eigenvalue weighted by molar-refractivity contribution is -0.122. The number of ether oxygens (including phenoxy) is 1. The Kier molecular flexibility index (Phi) is 11.4. The van der Waals surface area contributed by atoms with Crippen LogP contribution < -0.4 is 0 Å². The number of aliphatic hydroxyl groups excluding tert-OH is 1. The maximum absolute atomic E-state index is 8.81. The molecule has 1 N–H and O–H groups in total. The quantitative estimate of drug-likeness (QED) is 0.421. The van der Waals surface area contributed by atoms with Crippen LogP contribution in [0.25, 0.3) is 0 Å². The van der Waals surface area contributed by atoms with Gasteiger partial charge in [-0.2, -0.15) is 0 Å². The zero-order valence-corrected chi connectivity index (χ0v) is 13.7. The van der Waals surface area contributed by atoms with Crippen LogP contribution in [0.5, 0.6) is 0 Å². The Morgan fingerprint density at radius 2 is 1.95 bits per heavy atom. The zero-order valence-electron chi connectivity index (χ0n) is 13.7. The van der Waals surface area contributed by atoms with Crippen molar-refractivity contribution < 1.29 is 19.4 Å². The highest BCUT2D eigenvalue weighted by molar-refractivity contribution is 6.09. The fourth-order valence-corrected chi connectivity index (χ4v) is 2.56. The van der Waals surface area contributed by atoms with Crippen LogP contribution in [0.2, 0.25) is 0 Å². The Hall–Kier alpha value is -0.780. The van der Waals surface area contributed by atoms with Crippen LogP contribution in [0, 0.1) is 0 Å². The van der Waals surface area contributed by atoms with Gasteiger partial charge in [0.2, 0.25) is 0 Å². The Balaban J connectivity index is 0.000000885. The molecule has 124 valence electrons. The van der Waals surface area contributed by atoms with E-state index in [2.05, 4.69) is 25.7 Å². The van der Waals surface area contributed by atoms with E-state index in [1.54, 1.807) is 0 Å². The van der Waals surface area contributed by atoms with Gasteiger partial charge in [-0.3, -0.25) is 14.5 Å². The highest BCUT2D eigenvalue weighted by Crippen LogP contribution is 2.28. The molecule has 0 aromatic heterocycles. The van der Waals surface area contributed by atoms with Crippen molar-refractivity contribution in [2.45, 2.75) is 64.5 Å². The van der Waals surface area contributed by atoms with E-state index >= 15 is 0 Å². The standard InChI is InChI=1S/C14H29NO2.C2H2O2/c1-4-14(2,3)15-9-6-5-8-13(15)12-17-11-7-10-16;3-1-2-4/h13,16H,4-12H2,1-3H3;1-2H. The molecule has 21 heavy (non-hydrogen) atoms. The van der Waals surface area contributed by atoms with Crippen molar-refractivity contribution in [3.8, 4) is 0 Å². The summed E-state index contributed by atoms with van der Waals surface area (Å²) >= 11 is 0. The molecule has 0 amide bonds. The van der Waals surface area contributed by atoms with E-state index in [4.69, 9.17) is 19.4 Å². The molecule has 1 aliphatic heterocycles. The fourth-order valence-electron chi connectivity index (χ4n) is 2.56. The summed E-state index contributed by atoms with van der Waals surface area (Å²) in [5.74, 6) is 0. The number of rotatable bonds is 8. The second-order valence-electron chi connectivity index (χ2n) is 5.93. The first-order chi connectivity index (χ1) is 10.0. The van der Waals surface area contributed by atoms with Crippen molar-refractivity contribution in [2.24, 2.45) is 0 Å². The maximum Gasteiger partial charge on any atom is 0.182 e. The lowest BCUT2D eigenvalue weighted by Crippen LogP contribution is -2.53. The number of likely N-dealkylation sites (tertiary alicyclic amines) is 1. The summed E-state index contributed by atoms with van der Waals surface area (Å²) < 4.78 is 5.68. The molecule has 1 unspecified atom stereocenters. The van der Waals surface area contributed by atoms with Crippen molar-refractivity contribution in [3.05, 3.63) is 0 Å². The van der Waals surface area contributed by atoms with Gasteiger partial charge in [-0.15, -0.1) is 0 Å². The van der Waals surface area contributed by atoms with Gasteiger partial charge in [-0.05, 0) is 46.1 Å². The molecule has 0 radical (unpaired) electrons. The third kappa shape index (κ3) is 8.29. The Bertz CT molecular complexity index is 275. The molecule has 1 heterocycles. The predicted molar refractivity (Wildman–Crippen MR) is 83.4 cm³/mol. The van der Waals surface area contributed by atoms with Gasteiger partial charge in [0.05, 0.1) is 6.61 Å². The molecule has 1 rings (SSSR count). The average molecular weight is 301 g/mol. The van der Waals surface area contributed by atoms with Crippen molar-refractivity contribution in [2.75, 3.05) is 26.4 Å². The van der Waals surface area contributed by atoms with Crippen molar-refractivity contribution in [3.63, 3.8) is 0 Å². The van der Waals surface area contributed by atoms with E-state index in [9.17, 15) is 0 Å². The number of carbonyl (C=O) groups excluding carboxylic acids is 2. The molecule has 1 saturated heterocycles. The molecule has 0 spiro atoms. The Morgan fingerprint density at radius 3 is 2.48 bits per heavy atom. The maximum atomic E-state index is 8.81. The van der Waals surface area contributed by atoms with E-state index in [1.807, 2.05) is 0 Å². The number of nitrogens with zero attached hydrogens (tertiary/aromatic N) is 1. The largest absolute Gasteiger partial charge is 0.396 e. The van der Waals surface area contributed by atoms with Crippen molar-refractivity contribution >= 4 is 12.6 Å². The molecule has 0 aromatic carbocycles. The molecule has 5 nitrogen and oxygen atoms in total. The van der Waals surface area contributed by atoms with Gasteiger partial charge in [0.25, 0.3) is 0 Å². The molecular formula is C16H31NO4. The van der Waals surface area contributed by atoms with Gasteiger partial charge < -0.3 is 9.84 Å².